The number of fused-ring (bicyclic) bond motifs is 4. The molecule has 0 aliphatic carbocycles. The summed E-state index contributed by atoms with van der Waals surface area (Å²) in [5.74, 6) is -1.80. The van der Waals surface area contributed by atoms with Gasteiger partial charge in [0.2, 0.25) is 5.91 Å². The van der Waals surface area contributed by atoms with Crippen LogP contribution in [0.2, 0.25) is 0 Å². The highest BCUT2D eigenvalue weighted by Crippen LogP contribution is 2.33. The molecule has 2 unspecified atom stereocenters. The maximum atomic E-state index is 14.6. The van der Waals surface area contributed by atoms with E-state index in [1.807, 2.05) is 0 Å². The van der Waals surface area contributed by atoms with Gasteiger partial charge in [0.25, 0.3) is 0 Å². The summed E-state index contributed by atoms with van der Waals surface area (Å²) < 4.78 is 33.9. The molecule has 164 valence electrons. The average molecular weight is 428 g/mol. The maximum Gasteiger partial charge on any atom is 0.408 e. The molecule has 5 nitrogen and oxygen atoms in total. The first-order chi connectivity index (χ1) is 14.5. The van der Waals surface area contributed by atoms with E-state index in [9.17, 15) is 18.4 Å². The average Bonchev–Trinajstić information content (AvgIpc) is 2.65. The second-order valence-corrected chi connectivity index (χ2v) is 8.60. The molecule has 2 bridgehead atoms. The minimum atomic E-state index is -0.693. The number of anilines is 1. The van der Waals surface area contributed by atoms with Gasteiger partial charge < -0.3 is 15.4 Å². The fourth-order valence-electron chi connectivity index (χ4n) is 3.31. The van der Waals surface area contributed by atoms with Crippen molar-refractivity contribution in [2.24, 2.45) is 5.92 Å². The van der Waals surface area contributed by atoms with Crippen molar-refractivity contribution in [1.82, 2.24) is 5.32 Å². The largest absolute Gasteiger partial charge is 0.444 e. The lowest BCUT2D eigenvalue weighted by atomic mass is 9.95. The molecule has 0 fully saturated rings. The molecule has 0 radical (unpaired) electrons. The molecule has 0 aromatic heterocycles. The number of carbonyl (C=O) groups is 2. The van der Waals surface area contributed by atoms with Gasteiger partial charge in [-0.15, -0.1) is 0 Å². The van der Waals surface area contributed by atoms with Crippen LogP contribution in [0.25, 0.3) is 11.1 Å². The quantitative estimate of drug-likeness (QED) is 0.570. The molecule has 3 rings (SSSR count). The summed E-state index contributed by atoms with van der Waals surface area (Å²) in [4.78, 5) is 24.9. The molecular formula is C24H26F2N2O3. The Morgan fingerprint density at radius 2 is 1.87 bits per heavy atom. The van der Waals surface area contributed by atoms with E-state index in [4.69, 9.17) is 4.74 Å². The van der Waals surface area contributed by atoms with Crippen LogP contribution < -0.4 is 10.6 Å². The Labute approximate surface area is 180 Å². The molecule has 1 aliphatic heterocycles. The first kappa shape index (κ1) is 22.5. The summed E-state index contributed by atoms with van der Waals surface area (Å²) >= 11 is 0. The van der Waals surface area contributed by atoms with Crippen molar-refractivity contribution in [3.63, 3.8) is 0 Å². The van der Waals surface area contributed by atoms with Crippen molar-refractivity contribution >= 4 is 17.7 Å². The van der Waals surface area contributed by atoms with E-state index in [1.54, 1.807) is 45.9 Å². The third kappa shape index (κ3) is 5.90. The molecule has 0 saturated carbocycles. The van der Waals surface area contributed by atoms with E-state index in [1.165, 1.54) is 30.3 Å². The highest BCUT2D eigenvalue weighted by molar-refractivity contribution is 5.97. The van der Waals surface area contributed by atoms with Crippen LogP contribution >= 0.6 is 0 Å². The lowest BCUT2D eigenvalue weighted by Gasteiger charge is -2.24. The number of hydrogen-bond donors (Lipinski definition) is 2. The van der Waals surface area contributed by atoms with Gasteiger partial charge in [-0.2, -0.15) is 0 Å². The first-order valence-electron chi connectivity index (χ1n) is 10.1. The molecule has 2 aromatic carbocycles. The van der Waals surface area contributed by atoms with Crippen LogP contribution in [0, 0.1) is 17.6 Å². The number of alkyl carbamates (subject to hydrolysis) is 1. The lowest BCUT2D eigenvalue weighted by Crippen LogP contribution is -2.35. The Bertz CT molecular complexity index is 1030. The van der Waals surface area contributed by atoms with Crippen molar-refractivity contribution in [3.8, 4) is 11.1 Å². The minimum Gasteiger partial charge on any atom is -0.444 e. The van der Waals surface area contributed by atoms with Crippen LogP contribution in [0.15, 0.2) is 48.6 Å². The summed E-state index contributed by atoms with van der Waals surface area (Å²) in [6, 6.07) is 7.60. The molecule has 1 aliphatic rings. The van der Waals surface area contributed by atoms with E-state index in [-0.39, 0.29) is 5.91 Å². The summed E-state index contributed by atoms with van der Waals surface area (Å²) in [6.07, 6.45) is 3.16. The monoisotopic (exact) mass is 428 g/mol. The molecule has 1 heterocycles. The topological polar surface area (TPSA) is 67.4 Å². The van der Waals surface area contributed by atoms with Gasteiger partial charge in [-0.05, 0) is 74.7 Å². The van der Waals surface area contributed by atoms with Crippen LogP contribution in [-0.4, -0.2) is 17.6 Å². The molecule has 2 atom stereocenters. The number of carbonyl (C=O) groups excluding carboxylic acids is 2. The normalized spacial score (nSPS) is 18.8. The SMILES string of the molecule is CC1C=CCC(NC(=O)OC(C)(C)C)c2cc(F)cc(c2)-c2cc(F)ccc2NC1=O. The van der Waals surface area contributed by atoms with E-state index in [2.05, 4.69) is 10.6 Å². The fourth-order valence-corrected chi connectivity index (χ4v) is 3.31. The Kier molecular flexibility index (Phi) is 6.43. The summed E-state index contributed by atoms with van der Waals surface area (Å²) in [7, 11) is 0. The van der Waals surface area contributed by atoms with Gasteiger partial charge in [0, 0.05) is 11.3 Å². The molecular weight excluding hydrogens is 402 g/mol. The zero-order valence-electron chi connectivity index (χ0n) is 18.0. The third-order valence-electron chi connectivity index (χ3n) is 4.77. The fraction of sp³-hybridized carbons (Fsp3) is 0.333. The summed E-state index contributed by atoms with van der Waals surface area (Å²) in [5, 5.41) is 5.55. The van der Waals surface area contributed by atoms with Crippen LogP contribution in [0.3, 0.4) is 0 Å². The van der Waals surface area contributed by atoms with E-state index < -0.39 is 35.3 Å². The Hall–Kier alpha value is -3.22. The van der Waals surface area contributed by atoms with Crippen LogP contribution in [-0.2, 0) is 9.53 Å². The number of rotatable bonds is 1. The molecule has 0 saturated heterocycles. The zero-order valence-corrected chi connectivity index (χ0v) is 18.0. The molecule has 2 amide bonds. The van der Waals surface area contributed by atoms with Crippen molar-refractivity contribution in [2.45, 2.75) is 45.8 Å². The van der Waals surface area contributed by atoms with Gasteiger partial charge in [-0.3, -0.25) is 4.79 Å². The van der Waals surface area contributed by atoms with Crippen molar-refractivity contribution in [2.75, 3.05) is 5.32 Å². The Morgan fingerprint density at radius 3 is 2.58 bits per heavy atom. The number of benzene rings is 2. The second kappa shape index (κ2) is 8.88. The minimum absolute atomic E-state index is 0.280. The van der Waals surface area contributed by atoms with Crippen molar-refractivity contribution < 1.29 is 23.1 Å². The van der Waals surface area contributed by atoms with Gasteiger partial charge in [0.05, 0.1) is 12.0 Å². The number of ether oxygens (including phenoxy) is 1. The highest BCUT2D eigenvalue weighted by atomic mass is 19.1. The second-order valence-electron chi connectivity index (χ2n) is 8.60. The summed E-state index contributed by atoms with van der Waals surface area (Å²) in [5.41, 5.74) is 0.919. The number of amides is 2. The van der Waals surface area contributed by atoms with Crippen LogP contribution in [0.1, 0.15) is 45.7 Å². The van der Waals surface area contributed by atoms with Gasteiger partial charge in [-0.25, -0.2) is 13.6 Å². The van der Waals surface area contributed by atoms with Gasteiger partial charge >= 0.3 is 6.09 Å². The van der Waals surface area contributed by atoms with Gasteiger partial charge in [0.15, 0.2) is 0 Å². The number of halogens is 2. The number of nitrogens with one attached hydrogen (secondary N) is 2. The molecule has 0 spiro atoms. The lowest BCUT2D eigenvalue weighted by molar-refractivity contribution is -0.118. The predicted octanol–water partition coefficient (Wildman–Crippen LogP) is 5.73. The maximum absolute atomic E-state index is 14.6. The van der Waals surface area contributed by atoms with Crippen molar-refractivity contribution in [3.05, 3.63) is 65.7 Å². The van der Waals surface area contributed by atoms with Crippen LogP contribution in [0.5, 0.6) is 0 Å². The standard InChI is InChI=1S/C24H26F2N2O3/c1-14-6-5-7-20(28-23(30)31-24(2,3)4)16-10-15(11-18(26)12-16)19-13-17(25)8-9-21(19)27-22(14)29/h5-6,8-14,20H,7H2,1-4H3,(H,27,29)(H,28,30). The third-order valence-corrected chi connectivity index (χ3v) is 4.77. The molecule has 2 aromatic rings. The van der Waals surface area contributed by atoms with Crippen molar-refractivity contribution in [1.29, 1.82) is 0 Å². The first-order valence-corrected chi connectivity index (χ1v) is 10.1. The van der Waals surface area contributed by atoms with Crippen LogP contribution in [0.4, 0.5) is 19.3 Å². The highest BCUT2D eigenvalue weighted by Gasteiger charge is 2.22. The Balaban J connectivity index is 2.10. The van der Waals surface area contributed by atoms with Gasteiger partial charge in [-0.1, -0.05) is 19.1 Å². The van der Waals surface area contributed by atoms with E-state index >= 15 is 0 Å². The smallest absolute Gasteiger partial charge is 0.408 e. The molecule has 2 N–H and O–H groups in total. The zero-order chi connectivity index (χ0) is 22.8. The molecule has 31 heavy (non-hydrogen) atoms. The number of hydrogen-bond acceptors (Lipinski definition) is 3. The van der Waals surface area contributed by atoms with E-state index in [0.29, 0.717) is 28.8 Å². The predicted molar refractivity (Wildman–Crippen MR) is 115 cm³/mol. The Morgan fingerprint density at radius 1 is 1.13 bits per heavy atom. The molecule has 7 heteroatoms. The van der Waals surface area contributed by atoms with E-state index in [0.717, 1.165) is 0 Å². The van der Waals surface area contributed by atoms with Gasteiger partial charge in [0.1, 0.15) is 17.2 Å². The summed E-state index contributed by atoms with van der Waals surface area (Å²) in [6.45, 7) is 6.98.